The van der Waals surface area contributed by atoms with E-state index >= 15 is 0 Å². The van der Waals surface area contributed by atoms with Gasteiger partial charge in [0.2, 0.25) is 0 Å². The largest absolute Gasteiger partial charge is 0.508 e. The molecule has 0 amide bonds. The summed E-state index contributed by atoms with van der Waals surface area (Å²) in [7, 11) is 3.42. The number of rotatable bonds is 5. The van der Waals surface area contributed by atoms with Gasteiger partial charge in [0.25, 0.3) is 0 Å². The molecule has 4 aromatic rings. The molecule has 63 heavy (non-hydrogen) atoms. The standard InChI is InChI=1S/C51H59N3O7S2/c1-31(55)4-2-6-36-14-18-51-29-50(36,27-48(51)60)19-15-37(56)11-8-32-10-13-45(58)47(23-32)61-21-17-33-9-12-44(57)42(22-33)41-26-46(59)38-16-20-54-43(38)7-3-5-34-24-40(49(52)53)35(25-39(34)41)28-62-63-30-51/h9-10,12-13,15-16,19-20,22-25,31,36,41,48-49,54-55,57-58,60H,2,4,6-8,11,14,17-18,21,26-30,52-53H2,1H3/b19-15+/t31-,36-,41+,48+,50-,51-/m0/s1. The second-order valence-corrected chi connectivity index (χ2v) is 20.8. The summed E-state index contributed by atoms with van der Waals surface area (Å²) in [4.78, 5) is 30.9. The van der Waals surface area contributed by atoms with Gasteiger partial charge in [-0.15, -0.1) is 0 Å². The third kappa shape index (κ3) is 9.95. The predicted molar refractivity (Wildman–Crippen MR) is 250 cm³/mol. The van der Waals surface area contributed by atoms with Crippen LogP contribution < -0.4 is 16.2 Å². The van der Waals surface area contributed by atoms with Crippen LogP contribution in [0.25, 0.3) is 0 Å². The van der Waals surface area contributed by atoms with Crippen molar-refractivity contribution in [2.24, 2.45) is 28.2 Å². The van der Waals surface area contributed by atoms with E-state index in [1.807, 2.05) is 31.2 Å². The van der Waals surface area contributed by atoms with Gasteiger partial charge in [0.05, 0.1) is 31.4 Å². The zero-order valence-electron chi connectivity index (χ0n) is 35.9. The topological polar surface area (TPSA) is 192 Å². The molecule has 10 nitrogen and oxygen atoms in total. The fourth-order valence-electron chi connectivity index (χ4n) is 10.6. The number of ketones is 2. The van der Waals surface area contributed by atoms with Crippen molar-refractivity contribution in [1.29, 1.82) is 0 Å². The van der Waals surface area contributed by atoms with Crippen LogP contribution >= 0.6 is 21.6 Å². The summed E-state index contributed by atoms with van der Waals surface area (Å²) < 4.78 is 6.14. The van der Waals surface area contributed by atoms with Crippen LogP contribution in [-0.4, -0.2) is 61.5 Å². The van der Waals surface area contributed by atoms with Gasteiger partial charge in [0.15, 0.2) is 23.1 Å². The summed E-state index contributed by atoms with van der Waals surface area (Å²) in [6.07, 6.45) is 11.3. The lowest BCUT2D eigenvalue weighted by molar-refractivity contribution is -0.114. The molecular weight excluding hydrogens is 831 g/mol. The number of hydrogen-bond donors (Lipinski definition) is 7. The number of aromatic hydroxyl groups is 2. The first-order valence-electron chi connectivity index (χ1n) is 22.3. The summed E-state index contributed by atoms with van der Waals surface area (Å²) in [5.41, 5.74) is 19.1. The smallest absolute Gasteiger partial charge is 0.165 e. The molecule has 0 unspecified atom stereocenters. The third-order valence-electron chi connectivity index (χ3n) is 14.0. The Morgan fingerprint density at radius 2 is 1.79 bits per heavy atom. The highest BCUT2D eigenvalue weighted by atomic mass is 33.1. The number of aromatic nitrogens is 1. The van der Waals surface area contributed by atoms with Crippen molar-refractivity contribution in [2.75, 3.05) is 12.4 Å². The number of H-pyrrole nitrogens is 1. The van der Waals surface area contributed by atoms with Crippen molar-refractivity contribution < 1.29 is 34.8 Å². The van der Waals surface area contributed by atoms with E-state index in [4.69, 9.17) is 16.2 Å². The van der Waals surface area contributed by atoms with E-state index in [-0.39, 0.29) is 59.4 Å². The van der Waals surface area contributed by atoms with E-state index in [0.29, 0.717) is 59.8 Å². The number of phenolic OH excluding ortho intramolecular Hbond substituents is 2. The van der Waals surface area contributed by atoms with Gasteiger partial charge in [-0.1, -0.05) is 70.2 Å². The number of carbonyl (C=O) groups is 2. The Bertz CT molecular complexity index is 2430. The molecule has 12 heteroatoms. The molecule has 0 spiro atoms. The van der Waals surface area contributed by atoms with Crippen LogP contribution in [0.3, 0.4) is 0 Å². The molecule has 2 fully saturated rings. The number of carbonyl (C=O) groups excluding carboxylic acids is 2. The zero-order chi connectivity index (χ0) is 44.3. The SMILES string of the molecule is C[C@H](O)CCC[C@H]1CC[C@]23CSSCc4cc5c(cc4C(N)N)C#CCc4[nH]ccc4C(=O)C[C@H]5c4cc(ccc4O)CCOc4cc(ccc4O)CCC(=O)/C=C/[C@]1(C[C@H]2O)C3. The van der Waals surface area contributed by atoms with E-state index in [2.05, 4.69) is 29.0 Å². The molecular formula is C51H59N3O7S2. The normalized spacial score (nSPS) is 26.3. The number of allylic oxidation sites excluding steroid dienone is 2. The maximum absolute atomic E-state index is 14.2. The molecule has 3 aromatic carbocycles. The second kappa shape index (κ2) is 19.3. The van der Waals surface area contributed by atoms with E-state index < -0.39 is 18.2 Å². The quantitative estimate of drug-likeness (QED) is 0.0579. The van der Waals surface area contributed by atoms with E-state index in [0.717, 1.165) is 77.8 Å². The van der Waals surface area contributed by atoms with Gasteiger partial charge in [0.1, 0.15) is 5.75 Å². The highest BCUT2D eigenvalue weighted by Crippen LogP contribution is 2.64. The molecule has 2 saturated carbocycles. The van der Waals surface area contributed by atoms with Crippen LogP contribution in [0.5, 0.6) is 17.2 Å². The molecule has 3 aliphatic carbocycles. The van der Waals surface area contributed by atoms with Crippen LogP contribution in [0, 0.1) is 28.6 Å². The number of aryl methyl sites for hydroxylation is 1. The van der Waals surface area contributed by atoms with Crippen molar-refractivity contribution >= 4 is 33.2 Å². The molecule has 4 aliphatic rings. The minimum absolute atomic E-state index is 0.000546. The van der Waals surface area contributed by atoms with Crippen LogP contribution in [0.15, 0.2) is 72.9 Å². The maximum Gasteiger partial charge on any atom is 0.165 e. The molecule has 1 aromatic heterocycles. The third-order valence-corrected chi connectivity index (χ3v) is 16.5. The lowest BCUT2D eigenvalue weighted by atomic mass is 9.62. The molecule has 0 radical (unpaired) electrons. The van der Waals surface area contributed by atoms with Gasteiger partial charge in [-0.25, -0.2) is 0 Å². The van der Waals surface area contributed by atoms with Crippen molar-refractivity contribution in [3.63, 3.8) is 0 Å². The average Bonchev–Trinajstić information content (AvgIpc) is 3.82. The number of phenols is 2. The second-order valence-electron chi connectivity index (χ2n) is 18.3. The monoisotopic (exact) mass is 889 g/mol. The zero-order valence-corrected chi connectivity index (χ0v) is 37.5. The lowest BCUT2D eigenvalue weighted by Crippen LogP contribution is -2.38. The average molecular weight is 890 g/mol. The molecule has 1 aliphatic heterocycles. The number of Topliss-reactive ketones (excluding diaryl/α,β-unsaturated/α-hetero) is 1. The Morgan fingerprint density at radius 1 is 0.984 bits per heavy atom. The van der Waals surface area contributed by atoms with E-state index in [1.54, 1.807) is 58.1 Å². The molecule has 2 heterocycles. The van der Waals surface area contributed by atoms with E-state index in [1.165, 1.54) is 0 Å². The molecule has 0 saturated heterocycles. The van der Waals surface area contributed by atoms with Crippen LogP contribution in [0.4, 0.5) is 0 Å². The molecule has 332 valence electrons. The lowest BCUT2D eigenvalue weighted by Gasteiger charge is -2.44. The Morgan fingerprint density at radius 3 is 2.60 bits per heavy atom. The number of hydrogen-bond acceptors (Lipinski definition) is 11. The number of nitrogens with one attached hydrogen (secondary N) is 1. The minimum Gasteiger partial charge on any atom is -0.508 e. The van der Waals surface area contributed by atoms with Gasteiger partial charge in [0, 0.05) is 70.7 Å². The first-order valence-corrected chi connectivity index (χ1v) is 24.8. The summed E-state index contributed by atoms with van der Waals surface area (Å²) in [5.74, 6) is 7.99. The molecule has 6 atom stereocenters. The van der Waals surface area contributed by atoms with Gasteiger partial charge in [-0.2, -0.15) is 0 Å². The molecule has 9 N–H and O–H groups in total. The van der Waals surface area contributed by atoms with Crippen molar-refractivity contribution in [2.45, 2.75) is 114 Å². The first kappa shape index (κ1) is 45.1. The predicted octanol–water partition coefficient (Wildman–Crippen LogP) is 8.32. The summed E-state index contributed by atoms with van der Waals surface area (Å²) in [6, 6.07) is 16.4. The van der Waals surface area contributed by atoms with Crippen molar-refractivity contribution in [3.8, 4) is 29.1 Å². The Hall–Kier alpha value is -4.48. The molecule has 8 rings (SSSR count). The number of ether oxygens (including phenoxy) is 1. The highest BCUT2D eigenvalue weighted by molar-refractivity contribution is 8.76. The van der Waals surface area contributed by atoms with Gasteiger partial charge >= 0.3 is 0 Å². The Labute approximate surface area is 378 Å². The summed E-state index contributed by atoms with van der Waals surface area (Å²) >= 11 is 0. The van der Waals surface area contributed by atoms with Crippen LogP contribution in [0.2, 0.25) is 0 Å². The van der Waals surface area contributed by atoms with Gasteiger partial charge in [-0.05, 0) is 127 Å². The molecule has 8 bridgehead atoms. The Kier molecular flexibility index (Phi) is 13.8. The fraction of sp³-hybridized carbons (Fsp3) is 0.451. The van der Waals surface area contributed by atoms with Gasteiger partial charge in [-0.3, -0.25) is 9.59 Å². The Balaban J connectivity index is 1.18. The maximum atomic E-state index is 14.2. The number of aromatic amines is 1. The summed E-state index contributed by atoms with van der Waals surface area (Å²) in [5, 5.41) is 44.3. The minimum atomic E-state index is -0.787. The number of benzene rings is 3. The number of fused-ring (bicyclic) bond motifs is 7. The van der Waals surface area contributed by atoms with Crippen molar-refractivity contribution in [3.05, 3.63) is 123 Å². The number of aliphatic hydroxyl groups excluding tert-OH is 2. The van der Waals surface area contributed by atoms with Gasteiger partial charge < -0.3 is 41.6 Å². The van der Waals surface area contributed by atoms with E-state index in [9.17, 15) is 30.0 Å². The van der Waals surface area contributed by atoms with Crippen LogP contribution in [0.1, 0.15) is 132 Å². The number of nitrogens with two attached hydrogens (primary N) is 2. The fourth-order valence-corrected chi connectivity index (χ4v) is 13.4. The number of aliphatic hydroxyl groups is 2. The summed E-state index contributed by atoms with van der Waals surface area (Å²) in [6.45, 7) is 2.05. The van der Waals surface area contributed by atoms with Crippen LogP contribution in [-0.2, 0) is 29.8 Å². The first-order chi connectivity index (χ1) is 30.3. The highest BCUT2D eigenvalue weighted by Gasteiger charge is 2.58. The van der Waals surface area contributed by atoms with Crippen molar-refractivity contribution in [1.82, 2.24) is 4.98 Å².